The Morgan fingerprint density at radius 3 is 2.26 bits per heavy atom. The van der Waals surface area contributed by atoms with Gasteiger partial charge in [-0.25, -0.2) is 0 Å². The van der Waals surface area contributed by atoms with E-state index in [1.54, 1.807) is 25.2 Å². The highest BCUT2D eigenvalue weighted by Gasteiger charge is 2.28. The Hall–Kier alpha value is -1.46. The zero-order valence-electron chi connectivity index (χ0n) is 11.1. The van der Waals surface area contributed by atoms with Gasteiger partial charge in [-0.2, -0.15) is 0 Å². The molecule has 1 aromatic rings. The molecule has 2 rings (SSSR count). The Morgan fingerprint density at radius 2 is 1.84 bits per heavy atom. The fourth-order valence-corrected chi connectivity index (χ4v) is 2.10. The molecule has 6 heteroatoms. The number of amides is 1. The van der Waals surface area contributed by atoms with Crippen LogP contribution in [0.2, 0.25) is 0 Å². The third-order valence-electron chi connectivity index (χ3n) is 3.12. The Kier molecular flexibility index (Phi) is 5.44. The molecule has 0 radical (unpaired) electrons. The van der Waals surface area contributed by atoms with Crippen LogP contribution in [0, 0.1) is 0 Å². The number of nitrogens with zero attached hydrogens (tertiary/aromatic N) is 1. The molecule has 0 bridgehead atoms. The Bertz CT molecular complexity index is 431. The van der Waals surface area contributed by atoms with Gasteiger partial charge in [0.1, 0.15) is 11.5 Å². The van der Waals surface area contributed by atoms with Crippen molar-refractivity contribution in [3.05, 3.63) is 23.8 Å². The number of nitrogens with two attached hydrogens (primary N) is 1. The van der Waals surface area contributed by atoms with Gasteiger partial charge in [0.25, 0.3) is 0 Å². The third kappa shape index (κ3) is 3.52. The lowest BCUT2D eigenvalue weighted by atomic mass is 10.2. The standard InChI is InChI=1S/C13H18N2O3.ClH/c1-17-10-5-9(6-11(7-10)18-2)8-15-4-3-12(14)13(15)16;/h5-7,12H,3-4,8,14H2,1-2H3;1H. The SMILES string of the molecule is COc1cc(CN2CCC(N)C2=O)cc(OC)c1.Cl. The number of likely N-dealkylation sites (tertiary alicyclic amines) is 1. The number of hydrogen-bond donors (Lipinski definition) is 1. The number of hydrogen-bond acceptors (Lipinski definition) is 4. The van der Waals surface area contributed by atoms with Crippen LogP contribution in [0.5, 0.6) is 11.5 Å². The summed E-state index contributed by atoms with van der Waals surface area (Å²) in [6.45, 7) is 1.25. The highest BCUT2D eigenvalue weighted by Crippen LogP contribution is 2.24. The average molecular weight is 287 g/mol. The van der Waals surface area contributed by atoms with Crippen molar-refractivity contribution in [2.24, 2.45) is 5.73 Å². The lowest BCUT2D eigenvalue weighted by Crippen LogP contribution is -2.33. The molecule has 0 spiro atoms. The van der Waals surface area contributed by atoms with Crippen molar-refractivity contribution < 1.29 is 14.3 Å². The monoisotopic (exact) mass is 286 g/mol. The Balaban J connectivity index is 0.00000180. The molecule has 106 valence electrons. The largest absolute Gasteiger partial charge is 0.497 e. The summed E-state index contributed by atoms with van der Waals surface area (Å²) in [4.78, 5) is 13.5. The van der Waals surface area contributed by atoms with Crippen molar-refractivity contribution in [3.8, 4) is 11.5 Å². The van der Waals surface area contributed by atoms with Crippen molar-refractivity contribution in [1.29, 1.82) is 0 Å². The zero-order valence-corrected chi connectivity index (χ0v) is 11.9. The molecule has 1 heterocycles. The minimum atomic E-state index is -0.350. The molecule has 2 N–H and O–H groups in total. The van der Waals surface area contributed by atoms with Gasteiger partial charge >= 0.3 is 0 Å². The van der Waals surface area contributed by atoms with E-state index >= 15 is 0 Å². The number of carbonyl (C=O) groups excluding carboxylic acids is 1. The fraction of sp³-hybridized carbons (Fsp3) is 0.462. The van der Waals surface area contributed by atoms with Crippen LogP contribution in [-0.2, 0) is 11.3 Å². The molecule has 5 nitrogen and oxygen atoms in total. The molecule has 0 aliphatic carbocycles. The highest BCUT2D eigenvalue weighted by atomic mass is 35.5. The summed E-state index contributed by atoms with van der Waals surface area (Å²) >= 11 is 0. The van der Waals surface area contributed by atoms with Crippen molar-refractivity contribution in [3.63, 3.8) is 0 Å². The topological polar surface area (TPSA) is 64.8 Å². The molecule has 1 saturated heterocycles. The van der Waals surface area contributed by atoms with Gasteiger partial charge in [0.2, 0.25) is 5.91 Å². The van der Waals surface area contributed by atoms with Gasteiger partial charge < -0.3 is 20.1 Å². The number of benzene rings is 1. The van der Waals surface area contributed by atoms with E-state index in [1.165, 1.54) is 0 Å². The molecular formula is C13H19ClN2O3. The number of halogens is 1. The molecule has 1 fully saturated rings. The third-order valence-corrected chi connectivity index (χ3v) is 3.12. The minimum absolute atomic E-state index is 0. The van der Waals surface area contributed by atoms with Crippen LogP contribution in [0.25, 0.3) is 0 Å². The maximum absolute atomic E-state index is 11.8. The first-order valence-corrected chi connectivity index (χ1v) is 5.90. The molecule has 1 aliphatic rings. The van der Waals surface area contributed by atoms with E-state index in [1.807, 2.05) is 12.1 Å². The smallest absolute Gasteiger partial charge is 0.239 e. The molecule has 1 unspecified atom stereocenters. The molecule has 1 aromatic carbocycles. The lowest BCUT2D eigenvalue weighted by Gasteiger charge is -2.17. The summed E-state index contributed by atoms with van der Waals surface area (Å²) in [7, 11) is 3.21. The highest BCUT2D eigenvalue weighted by molar-refractivity contribution is 5.85. The summed E-state index contributed by atoms with van der Waals surface area (Å²) < 4.78 is 10.4. The molecule has 0 saturated carbocycles. The zero-order chi connectivity index (χ0) is 13.1. The second-order valence-corrected chi connectivity index (χ2v) is 4.38. The Morgan fingerprint density at radius 1 is 1.26 bits per heavy atom. The number of methoxy groups -OCH3 is 2. The molecular weight excluding hydrogens is 268 g/mol. The first kappa shape index (κ1) is 15.6. The number of carbonyl (C=O) groups is 1. The van der Waals surface area contributed by atoms with Crippen LogP contribution in [0.4, 0.5) is 0 Å². The minimum Gasteiger partial charge on any atom is -0.497 e. The van der Waals surface area contributed by atoms with Crippen molar-refractivity contribution in [2.75, 3.05) is 20.8 Å². The second-order valence-electron chi connectivity index (χ2n) is 4.38. The van der Waals surface area contributed by atoms with E-state index in [9.17, 15) is 4.79 Å². The van der Waals surface area contributed by atoms with Gasteiger partial charge in [0, 0.05) is 19.2 Å². The molecule has 0 aromatic heterocycles. The van der Waals surface area contributed by atoms with Crippen LogP contribution < -0.4 is 15.2 Å². The van der Waals surface area contributed by atoms with Crippen LogP contribution >= 0.6 is 12.4 Å². The van der Waals surface area contributed by atoms with E-state index in [0.29, 0.717) is 13.1 Å². The van der Waals surface area contributed by atoms with Crippen LogP contribution in [0.3, 0.4) is 0 Å². The normalized spacial score (nSPS) is 18.2. The molecule has 1 amide bonds. The quantitative estimate of drug-likeness (QED) is 0.903. The molecule has 1 atom stereocenters. The van der Waals surface area contributed by atoms with Crippen molar-refractivity contribution >= 4 is 18.3 Å². The summed E-state index contributed by atoms with van der Waals surface area (Å²) in [6, 6.07) is 5.26. The van der Waals surface area contributed by atoms with E-state index in [4.69, 9.17) is 15.2 Å². The predicted molar refractivity (Wildman–Crippen MR) is 74.8 cm³/mol. The number of ether oxygens (including phenoxy) is 2. The van der Waals surface area contributed by atoms with E-state index in [-0.39, 0.29) is 24.4 Å². The van der Waals surface area contributed by atoms with Gasteiger partial charge in [-0.1, -0.05) is 0 Å². The van der Waals surface area contributed by atoms with E-state index < -0.39 is 0 Å². The van der Waals surface area contributed by atoms with Gasteiger partial charge in [-0.05, 0) is 24.1 Å². The van der Waals surface area contributed by atoms with E-state index in [2.05, 4.69) is 0 Å². The Labute approximate surface area is 119 Å². The predicted octanol–water partition coefficient (Wildman–Crippen LogP) is 1.19. The lowest BCUT2D eigenvalue weighted by molar-refractivity contribution is -0.129. The first-order chi connectivity index (χ1) is 8.63. The first-order valence-electron chi connectivity index (χ1n) is 5.90. The summed E-state index contributed by atoms with van der Waals surface area (Å²) in [5, 5.41) is 0. The van der Waals surface area contributed by atoms with Gasteiger partial charge in [-0.15, -0.1) is 12.4 Å². The van der Waals surface area contributed by atoms with Crippen molar-refractivity contribution in [2.45, 2.75) is 19.0 Å². The van der Waals surface area contributed by atoms with Crippen molar-refractivity contribution in [1.82, 2.24) is 4.90 Å². The summed E-state index contributed by atoms with van der Waals surface area (Å²) in [6.07, 6.45) is 0.722. The fourth-order valence-electron chi connectivity index (χ4n) is 2.10. The average Bonchev–Trinajstić information content (AvgIpc) is 2.70. The number of rotatable bonds is 4. The van der Waals surface area contributed by atoms with Gasteiger partial charge in [0.15, 0.2) is 0 Å². The molecule has 1 aliphatic heterocycles. The van der Waals surface area contributed by atoms with Crippen LogP contribution in [0.1, 0.15) is 12.0 Å². The summed E-state index contributed by atoms with van der Waals surface area (Å²) in [5.74, 6) is 1.46. The molecule has 19 heavy (non-hydrogen) atoms. The second kappa shape index (κ2) is 6.63. The van der Waals surface area contributed by atoms with E-state index in [0.717, 1.165) is 23.5 Å². The summed E-state index contributed by atoms with van der Waals surface area (Å²) in [5.41, 5.74) is 6.67. The maximum atomic E-state index is 11.8. The van der Waals surface area contributed by atoms with Crippen LogP contribution in [-0.4, -0.2) is 37.6 Å². The van der Waals surface area contributed by atoms with Crippen LogP contribution in [0.15, 0.2) is 18.2 Å². The maximum Gasteiger partial charge on any atom is 0.239 e. The van der Waals surface area contributed by atoms with Gasteiger partial charge in [-0.3, -0.25) is 4.79 Å². The van der Waals surface area contributed by atoms with Gasteiger partial charge in [0.05, 0.1) is 20.3 Å².